The number of aromatic amines is 1. The van der Waals surface area contributed by atoms with Crippen molar-refractivity contribution >= 4 is 0 Å². The van der Waals surface area contributed by atoms with Crippen LogP contribution in [-0.2, 0) is 6.54 Å². The van der Waals surface area contributed by atoms with E-state index < -0.39 is 0 Å². The summed E-state index contributed by atoms with van der Waals surface area (Å²) in [4.78, 5) is 2.34. The summed E-state index contributed by atoms with van der Waals surface area (Å²) in [5.74, 6) is 2.24. The minimum Gasteiger partial charge on any atom is -0.490 e. The van der Waals surface area contributed by atoms with E-state index >= 15 is 0 Å². The fourth-order valence-corrected chi connectivity index (χ4v) is 3.46. The Morgan fingerprint density at radius 3 is 2.13 bits per heavy atom. The highest BCUT2D eigenvalue weighted by molar-refractivity contribution is 5.63. The third-order valence-corrected chi connectivity index (χ3v) is 5.36. The molecule has 0 fully saturated rings. The van der Waals surface area contributed by atoms with E-state index in [1.165, 1.54) is 24.0 Å². The zero-order valence-corrected chi connectivity index (χ0v) is 19.2. The number of hydrogen-bond donors (Lipinski definition) is 1. The Kier molecular flexibility index (Phi) is 8.53. The fourth-order valence-electron chi connectivity index (χ4n) is 3.46. The number of ether oxygens (including phenoxy) is 2. The van der Waals surface area contributed by atoms with Crippen LogP contribution in [0.15, 0.2) is 54.7 Å². The molecule has 1 heterocycles. The molecule has 0 aliphatic carbocycles. The quantitative estimate of drug-likeness (QED) is 0.371. The van der Waals surface area contributed by atoms with E-state index in [4.69, 9.17) is 9.47 Å². The maximum absolute atomic E-state index is 5.84. The summed E-state index contributed by atoms with van der Waals surface area (Å²) in [6.07, 6.45) is 4.34. The van der Waals surface area contributed by atoms with Gasteiger partial charge in [-0.1, -0.05) is 39.3 Å². The van der Waals surface area contributed by atoms with Gasteiger partial charge in [0.25, 0.3) is 0 Å². The molecule has 0 aliphatic heterocycles. The maximum atomic E-state index is 5.84. The SMILES string of the molecule is CCCCN(C)Cc1cn[nH]c1-c1ccc(OCCOc2ccc(C(C)C)cc2)cc1. The highest BCUT2D eigenvalue weighted by Gasteiger charge is 2.10. The van der Waals surface area contributed by atoms with Crippen LogP contribution in [0.3, 0.4) is 0 Å². The Hall–Kier alpha value is -2.79. The molecule has 0 radical (unpaired) electrons. The third-order valence-electron chi connectivity index (χ3n) is 5.36. The van der Waals surface area contributed by atoms with Crippen molar-refractivity contribution in [2.24, 2.45) is 0 Å². The van der Waals surface area contributed by atoms with Gasteiger partial charge in [-0.25, -0.2) is 0 Å². The number of nitrogens with zero attached hydrogens (tertiary/aromatic N) is 2. The smallest absolute Gasteiger partial charge is 0.122 e. The van der Waals surface area contributed by atoms with Gasteiger partial charge in [0, 0.05) is 17.7 Å². The van der Waals surface area contributed by atoms with Crippen LogP contribution in [0, 0.1) is 0 Å². The molecule has 0 spiro atoms. The maximum Gasteiger partial charge on any atom is 0.122 e. The van der Waals surface area contributed by atoms with Crippen LogP contribution >= 0.6 is 0 Å². The monoisotopic (exact) mass is 421 g/mol. The van der Waals surface area contributed by atoms with E-state index in [1.54, 1.807) is 0 Å². The van der Waals surface area contributed by atoms with Crippen LogP contribution in [-0.4, -0.2) is 41.9 Å². The van der Waals surface area contributed by atoms with Gasteiger partial charge in [-0.2, -0.15) is 5.10 Å². The highest BCUT2D eigenvalue weighted by atomic mass is 16.5. The number of benzene rings is 2. The molecule has 2 aromatic carbocycles. The molecule has 166 valence electrons. The minimum atomic E-state index is 0.503. The van der Waals surface area contributed by atoms with Gasteiger partial charge in [0.1, 0.15) is 24.7 Å². The first-order valence-corrected chi connectivity index (χ1v) is 11.2. The van der Waals surface area contributed by atoms with Crippen LogP contribution in [0.4, 0.5) is 0 Å². The molecule has 1 aromatic heterocycles. The lowest BCUT2D eigenvalue weighted by Crippen LogP contribution is -2.19. The van der Waals surface area contributed by atoms with Gasteiger partial charge in [0.2, 0.25) is 0 Å². The number of aromatic nitrogens is 2. The van der Waals surface area contributed by atoms with E-state index in [0.717, 1.165) is 35.8 Å². The molecule has 0 bridgehead atoms. The molecular formula is C26H35N3O2. The second-order valence-corrected chi connectivity index (χ2v) is 8.31. The van der Waals surface area contributed by atoms with E-state index in [9.17, 15) is 0 Å². The summed E-state index contributed by atoms with van der Waals surface area (Å²) < 4.78 is 11.6. The first-order valence-electron chi connectivity index (χ1n) is 11.2. The van der Waals surface area contributed by atoms with Crippen LogP contribution in [0.5, 0.6) is 11.5 Å². The van der Waals surface area contributed by atoms with Crippen molar-refractivity contribution in [1.82, 2.24) is 15.1 Å². The van der Waals surface area contributed by atoms with Crippen LogP contribution < -0.4 is 9.47 Å². The third kappa shape index (κ3) is 6.86. The highest BCUT2D eigenvalue weighted by Crippen LogP contribution is 2.25. The standard InChI is InChI=1S/C26H35N3O2/c1-5-6-15-29(4)19-23-18-27-28-26(23)22-9-13-25(14-10-22)31-17-16-30-24-11-7-21(8-12-24)20(2)3/h7-14,18,20H,5-6,15-17,19H2,1-4H3,(H,27,28). The average molecular weight is 422 g/mol. The summed E-state index contributed by atoms with van der Waals surface area (Å²) in [7, 11) is 2.16. The van der Waals surface area contributed by atoms with E-state index in [0.29, 0.717) is 19.1 Å². The molecule has 0 amide bonds. The van der Waals surface area contributed by atoms with Gasteiger partial charge in [0.15, 0.2) is 0 Å². The molecule has 0 aliphatic rings. The number of hydrogen-bond acceptors (Lipinski definition) is 4. The molecule has 0 atom stereocenters. The Bertz CT molecular complexity index is 901. The van der Waals surface area contributed by atoms with E-state index in [2.05, 4.69) is 67.2 Å². The van der Waals surface area contributed by atoms with Crippen LogP contribution in [0.1, 0.15) is 50.7 Å². The van der Waals surface area contributed by atoms with Crippen molar-refractivity contribution in [3.05, 3.63) is 65.9 Å². The average Bonchev–Trinajstić information content (AvgIpc) is 3.24. The van der Waals surface area contributed by atoms with Crippen molar-refractivity contribution in [3.8, 4) is 22.8 Å². The van der Waals surface area contributed by atoms with Gasteiger partial charge in [0.05, 0.1) is 11.9 Å². The lowest BCUT2D eigenvalue weighted by Gasteiger charge is -2.16. The zero-order valence-electron chi connectivity index (χ0n) is 19.2. The molecule has 0 unspecified atom stereocenters. The molecule has 5 heteroatoms. The summed E-state index contributed by atoms with van der Waals surface area (Å²) in [5.41, 5.74) is 4.72. The molecule has 0 saturated heterocycles. The van der Waals surface area contributed by atoms with Crippen molar-refractivity contribution in [2.75, 3.05) is 26.8 Å². The zero-order chi connectivity index (χ0) is 22.1. The number of nitrogens with one attached hydrogen (secondary N) is 1. The molecular weight excluding hydrogens is 386 g/mol. The number of H-pyrrole nitrogens is 1. The van der Waals surface area contributed by atoms with Crippen LogP contribution in [0.2, 0.25) is 0 Å². The molecule has 3 aromatic rings. The number of unbranched alkanes of at least 4 members (excludes halogenated alkanes) is 1. The fraction of sp³-hybridized carbons (Fsp3) is 0.423. The van der Waals surface area contributed by atoms with Gasteiger partial charge in [-0.3, -0.25) is 5.10 Å². The predicted octanol–water partition coefficient (Wildman–Crippen LogP) is 5.89. The molecule has 3 rings (SSSR count). The van der Waals surface area contributed by atoms with E-state index in [-0.39, 0.29) is 0 Å². The number of rotatable bonds is 12. The minimum absolute atomic E-state index is 0.503. The van der Waals surface area contributed by atoms with Gasteiger partial charge < -0.3 is 14.4 Å². The van der Waals surface area contributed by atoms with Crippen molar-refractivity contribution in [3.63, 3.8) is 0 Å². The first kappa shape index (κ1) is 22.9. The normalized spacial score (nSPS) is 11.3. The predicted molar refractivity (Wildman–Crippen MR) is 127 cm³/mol. The lowest BCUT2D eigenvalue weighted by molar-refractivity contribution is 0.217. The van der Waals surface area contributed by atoms with Crippen LogP contribution in [0.25, 0.3) is 11.3 Å². The summed E-state index contributed by atoms with van der Waals surface area (Å²) in [6.45, 7) is 9.59. The van der Waals surface area contributed by atoms with Crippen molar-refractivity contribution in [1.29, 1.82) is 0 Å². The Morgan fingerprint density at radius 1 is 0.935 bits per heavy atom. The Balaban J connectivity index is 1.48. The second kappa shape index (κ2) is 11.6. The molecule has 31 heavy (non-hydrogen) atoms. The van der Waals surface area contributed by atoms with Gasteiger partial charge in [-0.05, 0) is 67.9 Å². The summed E-state index contributed by atoms with van der Waals surface area (Å²) in [5, 5.41) is 7.41. The molecule has 5 nitrogen and oxygen atoms in total. The topological polar surface area (TPSA) is 50.4 Å². The molecule has 1 N–H and O–H groups in total. The molecule has 0 saturated carbocycles. The van der Waals surface area contributed by atoms with Crippen molar-refractivity contribution in [2.45, 2.75) is 46.1 Å². The van der Waals surface area contributed by atoms with E-state index in [1.807, 2.05) is 30.5 Å². The van der Waals surface area contributed by atoms with Crippen molar-refractivity contribution < 1.29 is 9.47 Å². The largest absolute Gasteiger partial charge is 0.490 e. The Labute approximate surface area is 186 Å². The first-order chi connectivity index (χ1) is 15.1. The lowest BCUT2D eigenvalue weighted by atomic mass is 10.0. The van der Waals surface area contributed by atoms with Gasteiger partial charge in [-0.15, -0.1) is 0 Å². The summed E-state index contributed by atoms with van der Waals surface area (Å²) in [6, 6.07) is 16.4. The Morgan fingerprint density at radius 2 is 1.55 bits per heavy atom. The summed E-state index contributed by atoms with van der Waals surface area (Å²) >= 11 is 0. The van der Waals surface area contributed by atoms with Gasteiger partial charge >= 0.3 is 0 Å². The second-order valence-electron chi connectivity index (χ2n) is 8.31.